The van der Waals surface area contributed by atoms with Gasteiger partial charge < -0.3 is 10.4 Å². The second-order valence-corrected chi connectivity index (χ2v) is 6.40. The number of benzene rings is 2. The van der Waals surface area contributed by atoms with Crippen molar-refractivity contribution in [2.45, 2.75) is 32.1 Å². The molecule has 25 heavy (non-hydrogen) atoms. The first-order valence-electron chi connectivity index (χ1n) is 8.49. The standard InChI is InChI=1S/C20H20FNO3/c21-18-11-10-16(22-19(23)14-4-2-1-3-5-14)12-17(18)13-6-8-15(9-7-13)20(24)25/h6-12,14H,1-5H2,(H,22,23)(H,24,25). The van der Waals surface area contributed by atoms with E-state index in [4.69, 9.17) is 5.11 Å². The van der Waals surface area contributed by atoms with E-state index in [9.17, 15) is 14.0 Å². The molecule has 0 radical (unpaired) electrons. The van der Waals surface area contributed by atoms with E-state index in [1.54, 1.807) is 24.3 Å². The Kier molecular flexibility index (Phi) is 5.12. The van der Waals surface area contributed by atoms with Crippen molar-refractivity contribution in [2.24, 2.45) is 5.92 Å². The predicted molar refractivity (Wildman–Crippen MR) is 94.0 cm³/mol. The van der Waals surface area contributed by atoms with Crippen LogP contribution in [0, 0.1) is 11.7 Å². The molecule has 2 aromatic carbocycles. The third-order valence-electron chi connectivity index (χ3n) is 4.65. The minimum absolute atomic E-state index is 0.0153. The molecule has 0 atom stereocenters. The Labute approximate surface area is 145 Å². The largest absolute Gasteiger partial charge is 0.478 e. The lowest BCUT2D eigenvalue weighted by atomic mass is 9.88. The first kappa shape index (κ1) is 17.1. The summed E-state index contributed by atoms with van der Waals surface area (Å²) in [6.45, 7) is 0. The molecule has 2 N–H and O–H groups in total. The number of rotatable bonds is 4. The number of anilines is 1. The van der Waals surface area contributed by atoms with Crippen LogP contribution in [0.25, 0.3) is 11.1 Å². The maximum atomic E-state index is 14.2. The Morgan fingerprint density at radius 1 is 1.00 bits per heavy atom. The minimum Gasteiger partial charge on any atom is -0.478 e. The molecular weight excluding hydrogens is 321 g/mol. The Hall–Kier alpha value is -2.69. The summed E-state index contributed by atoms with van der Waals surface area (Å²) < 4.78 is 14.2. The van der Waals surface area contributed by atoms with Crippen LogP contribution in [0.2, 0.25) is 0 Å². The number of carbonyl (C=O) groups excluding carboxylic acids is 1. The van der Waals surface area contributed by atoms with Crippen LogP contribution in [-0.4, -0.2) is 17.0 Å². The van der Waals surface area contributed by atoms with Crippen LogP contribution in [0.1, 0.15) is 42.5 Å². The van der Waals surface area contributed by atoms with Crippen molar-refractivity contribution in [1.82, 2.24) is 0 Å². The van der Waals surface area contributed by atoms with Gasteiger partial charge in [-0.2, -0.15) is 0 Å². The van der Waals surface area contributed by atoms with Gasteiger partial charge in [-0.05, 0) is 48.7 Å². The third kappa shape index (κ3) is 4.05. The average Bonchev–Trinajstić information content (AvgIpc) is 2.64. The highest BCUT2D eigenvalue weighted by Crippen LogP contribution is 2.28. The number of hydrogen-bond acceptors (Lipinski definition) is 2. The monoisotopic (exact) mass is 341 g/mol. The summed E-state index contributed by atoms with van der Waals surface area (Å²) in [6.07, 6.45) is 5.12. The van der Waals surface area contributed by atoms with Gasteiger partial charge in [0, 0.05) is 17.2 Å². The van der Waals surface area contributed by atoms with Crippen molar-refractivity contribution in [3.8, 4) is 11.1 Å². The maximum absolute atomic E-state index is 14.2. The second kappa shape index (κ2) is 7.47. The SMILES string of the molecule is O=C(O)c1ccc(-c2cc(NC(=O)C3CCCCC3)ccc2F)cc1. The number of carbonyl (C=O) groups is 2. The molecule has 0 bridgehead atoms. The van der Waals surface area contributed by atoms with Crippen molar-refractivity contribution >= 4 is 17.6 Å². The van der Waals surface area contributed by atoms with Gasteiger partial charge in [0.1, 0.15) is 5.82 Å². The molecule has 1 amide bonds. The van der Waals surface area contributed by atoms with Crippen LogP contribution in [-0.2, 0) is 4.79 Å². The lowest BCUT2D eigenvalue weighted by molar-refractivity contribution is -0.120. The molecule has 0 aliphatic heterocycles. The molecule has 4 nitrogen and oxygen atoms in total. The molecule has 1 fully saturated rings. The summed E-state index contributed by atoms with van der Waals surface area (Å²) in [5.41, 5.74) is 1.59. The Morgan fingerprint density at radius 3 is 2.32 bits per heavy atom. The first-order valence-corrected chi connectivity index (χ1v) is 8.49. The molecule has 130 valence electrons. The molecule has 0 unspecified atom stereocenters. The van der Waals surface area contributed by atoms with Crippen molar-refractivity contribution in [3.63, 3.8) is 0 Å². The van der Waals surface area contributed by atoms with E-state index >= 15 is 0 Å². The highest BCUT2D eigenvalue weighted by atomic mass is 19.1. The second-order valence-electron chi connectivity index (χ2n) is 6.40. The van der Waals surface area contributed by atoms with Gasteiger partial charge in [0.25, 0.3) is 0 Å². The van der Waals surface area contributed by atoms with E-state index in [-0.39, 0.29) is 17.4 Å². The number of hydrogen-bond donors (Lipinski definition) is 2. The summed E-state index contributed by atoms with van der Waals surface area (Å²) in [4.78, 5) is 23.3. The Bertz CT molecular complexity index is 780. The molecule has 1 aliphatic carbocycles. The van der Waals surface area contributed by atoms with Gasteiger partial charge in [-0.25, -0.2) is 9.18 Å². The van der Waals surface area contributed by atoms with Crippen LogP contribution in [0.3, 0.4) is 0 Å². The molecule has 0 aromatic heterocycles. The zero-order valence-electron chi connectivity index (χ0n) is 13.8. The van der Waals surface area contributed by atoms with Gasteiger partial charge in [0.15, 0.2) is 0 Å². The smallest absolute Gasteiger partial charge is 0.335 e. The maximum Gasteiger partial charge on any atom is 0.335 e. The minimum atomic E-state index is -1.03. The van der Waals surface area contributed by atoms with Crippen molar-refractivity contribution in [1.29, 1.82) is 0 Å². The van der Waals surface area contributed by atoms with Crippen LogP contribution < -0.4 is 5.32 Å². The van der Waals surface area contributed by atoms with Gasteiger partial charge in [-0.15, -0.1) is 0 Å². The molecule has 0 spiro atoms. The first-order chi connectivity index (χ1) is 12.0. The Morgan fingerprint density at radius 2 is 1.68 bits per heavy atom. The number of carboxylic acid groups (broad SMARTS) is 1. The number of aromatic carboxylic acids is 1. The van der Waals surface area contributed by atoms with E-state index in [0.29, 0.717) is 16.8 Å². The van der Waals surface area contributed by atoms with E-state index in [2.05, 4.69) is 5.32 Å². The summed E-state index contributed by atoms with van der Waals surface area (Å²) >= 11 is 0. The lowest BCUT2D eigenvalue weighted by Crippen LogP contribution is -2.24. The number of halogens is 1. The molecule has 0 saturated heterocycles. The summed E-state index contributed by atoms with van der Waals surface area (Å²) in [7, 11) is 0. The summed E-state index contributed by atoms with van der Waals surface area (Å²) in [5, 5.41) is 11.8. The highest BCUT2D eigenvalue weighted by Gasteiger charge is 2.21. The van der Waals surface area contributed by atoms with Crippen molar-refractivity contribution < 1.29 is 19.1 Å². The molecule has 0 heterocycles. The van der Waals surface area contributed by atoms with Crippen LogP contribution in [0.4, 0.5) is 10.1 Å². The molecular formula is C20H20FNO3. The van der Waals surface area contributed by atoms with E-state index in [1.807, 2.05) is 0 Å². The zero-order chi connectivity index (χ0) is 17.8. The summed E-state index contributed by atoms with van der Waals surface area (Å²) in [6, 6.07) is 10.5. The number of amides is 1. The molecule has 1 aliphatic rings. The van der Waals surface area contributed by atoms with Crippen LogP contribution >= 0.6 is 0 Å². The lowest BCUT2D eigenvalue weighted by Gasteiger charge is -2.21. The van der Waals surface area contributed by atoms with Gasteiger partial charge in [0.2, 0.25) is 5.91 Å². The number of carboxylic acids is 1. The van der Waals surface area contributed by atoms with Crippen molar-refractivity contribution in [2.75, 3.05) is 5.32 Å². The average molecular weight is 341 g/mol. The van der Waals surface area contributed by atoms with E-state index in [0.717, 1.165) is 25.7 Å². The van der Waals surface area contributed by atoms with Gasteiger partial charge >= 0.3 is 5.97 Å². The van der Waals surface area contributed by atoms with E-state index < -0.39 is 11.8 Å². The summed E-state index contributed by atoms with van der Waals surface area (Å²) in [5.74, 6) is -1.44. The molecule has 3 rings (SSSR count). The molecule has 2 aromatic rings. The normalized spacial score (nSPS) is 14.9. The highest BCUT2D eigenvalue weighted by molar-refractivity contribution is 5.93. The van der Waals surface area contributed by atoms with Crippen LogP contribution in [0.5, 0.6) is 0 Å². The fourth-order valence-corrected chi connectivity index (χ4v) is 3.23. The zero-order valence-corrected chi connectivity index (χ0v) is 13.8. The van der Waals surface area contributed by atoms with Gasteiger partial charge in [-0.1, -0.05) is 31.4 Å². The van der Waals surface area contributed by atoms with Crippen molar-refractivity contribution in [3.05, 3.63) is 53.8 Å². The third-order valence-corrected chi connectivity index (χ3v) is 4.65. The van der Waals surface area contributed by atoms with Crippen LogP contribution in [0.15, 0.2) is 42.5 Å². The topological polar surface area (TPSA) is 66.4 Å². The number of nitrogens with one attached hydrogen (secondary N) is 1. The predicted octanol–water partition coefficient (Wildman–Crippen LogP) is 4.71. The van der Waals surface area contributed by atoms with Gasteiger partial charge in [0.05, 0.1) is 5.56 Å². The molecule has 1 saturated carbocycles. The fraction of sp³-hybridized carbons (Fsp3) is 0.300. The molecule has 5 heteroatoms. The fourth-order valence-electron chi connectivity index (χ4n) is 3.23. The van der Waals surface area contributed by atoms with Gasteiger partial charge in [-0.3, -0.25) is 4.79 Å². The van der Waals surface area contributed by atoms with E-state index in [1.165, 1.54) is 24.6 Å². The Balaban J connectivity index is 1.80. The quantitative estimate of drug-likeness (QED) is 0.846.